The Kier molecular flexibility index (Phi) is 4.19. The fourth-order valence-electron chi connectivity index (χ4n) is 1.53. The van der Waals surface area contributed by atoms with E-state index in [2.05, 4.69) is 20.8 Å². The molecule has 0 unspecified atom stereocenters. The second-order valence-electron chi connectivity index (χ2n) is 3.76. The van der Waals surface area contributed by atoms with Crippen LogP contribution in [0.2, 0.25) is 0 Å². The Bertz CT molecular complexity index is 519. The summed E-state index contributed by atoms with van der Waals surface area (Å²) in [6.45, 7) is 0.524. The topological polar surface area (TPSA) is 81.4 Å². The summed E-state index contributed by atoms with van der Waals surface area (Å²) < 4.78 is 15.8. The van der Waals surface area contributed by atoms with Gasteiger partial charge in [0.15, 0.2) is 0 Å². The Morgan fingerprint density at radius 1 is 1.11 bits per heavy atom. The zero-order valence-electron chi connectivity index (χ0n) is 11.1. The van der Waals surface area contributed by atoms with Gasteiger partial charge in [-0.15, -0.1) is 5.10 Å². The van der Waals surface area contributed by atoms with Crippen LogP contribution >= 0.6 is 0 Å². The SMILES string of the molecule is CNCc1nnc(Nc2cc(OC)cc(OC)c2)o1. The van der Waals surface area contributed by atoms with Gasteiger partial charge in [-0.1, -0.05) is 5.10 Å². The van der Waals surface area contributed by atoms with E-state index in [1.807, 2.05) is 19.2 Å². The molecule has 1 aromatic heterocycles. The smallest absolute Gasteiger partial charge is 0.320 e. The predicted octanol–water partition coefficient (Wildman–Crippen LogP) is 1.55. The molecule has 0 saturated heterocycles. The molecule has 0 aliphatic carbocycles. The van der Waals surface area contributed by atoms with Gasteiger partial charge in [-0.05, 0) is 7.05 Å². The molecule has 0 spiro atoms. The molecule has 7 heteroatoms. The molecule has 7 nitrogen and oxygen atoms in total. The first-order valence-electron chi connectivity index (χ1n) is 5.72. The van der Waals surface area contributed by atoms with Gasteiger partial charge in [-0.3, -0.25) is 0 Å². The van der Waals surface area contributed by atoms with Gasteiger partial charge in [-0.25, -0.2) is 0 Å². The van der Waals surface area contributed by atoms with E-state index in [1.165, 1.54) is 0 Å². The first kappa shape index (κ1) is 13.2. The van der Waals surface area contributed by atoms with Crippen molar-refractivity contribution in [3.63, 3.8) is 0 Å². The van der Waals surface area contributed by atoms with Gasteiger partial charge >= 0.3 is 6.01 Å². The average molecular weight is 264 g/mol. The highest BCUT2D eigenvalue weighted by Gasteiger charge is 2.07. The predicted molar refractivity (Wildman–Crippen MR) is 69.9 cm³/mol. The second-order valence-corrected chi connectivity index (χ2v) is 3.76. The molecule has 0 radical (unpaired) electrons. The fourth-order valence-corrected chi connectivity index (χ4v) is 1.53. The summed E-state index contributed by atoms with van der Waals surface area (Å²) in [5, 5.41) is 13.7. The molecule has 2 rings (SSSR count). The molecule has 0 aliphatic rings. The van der Waals surface area contributed by atoms with E-state index in [4.69, 9.17) is 13.9 Å². The normalized spacial score (nSPS) is 10.3. The Morgan fingerprint density at radius 3 is 2.37 bits per heavy atom. The van der Waals surface area contributed by atoms with Crippen LogP contribution < -0.4 is 20.1 Å². The minimum Gasteiger partial charge on any atom is -0.497 e. The Morgan fingerprint density at radius 2 is 1.79 bits per heavy atom. The molecule has 102 valence electrons. The maximum Gasteiger partial charge on any atom is 0.320 e. The van der Waals surface area contributed by atoms with Gasteiger partial charge in [0.05, 0.1) is 20.8 Å². The minimum atomic E-state index is 0.320. The molecule has 2 N–H and O–H groups in total. The Balaban J connectivity index is 2.16. The van der Waals surface area contributed by atoms with Crippen LogP contribution in [-0.2, 0) is 6.54 Å². The number of nitrogens with one attached hydrogen (secondary N) is 2. The van der Waals surface area contributed by atoms with Crippen LogP contribution in [0.25, 0.3) is 0 Å². The van der Waals surface area contributed by atoms with E-state index in [-0.39, 0.29) is 0 Å². The van der Waals surface area contributed by atoms with Gasteiger partial charge in [0.1, 0.15) is 11.5 Å². The van der Waals surface area contributed by atoms with Crippen LogP contribution in [0.3, 0.4) is 0 Å². The van der Waals surface area contributed by atoms with Crippen molar-refractivity contribution in [3.05, 3.63) is 24.1 Å². The van der Waals surface area contributed by atoms with E-state index >= 15 is 0 Å². The van der Waals surface area contributed by atoms with Crippen LogP contribution in [-0.4, -0.2) is 31.5 Å². The lowest BCUT2D eigenvalue weighted by Gasteiger charge is -2.08. The van der Waals surface area contributed by atoms with E-state index in [1.54, 1.807) is 20.3 Å². The van der Waals surface area contributed by atoms with Crippen LogP contribution in [0, 0.1) is 0 Å². The maximum absolute atomic E-state index is 5.40. The van der Waals surface area contributed by atoms with Gasteiger partial charge in [0.2, 0.25) is 5.89 Å². The quantitative estimate of drug-likeness (QED) is 0.819. The van der Waals surface area contributed by atoms with Crippen molar-refractivity contribution >= 4 is 11.7 Å². The van der Waals surface area contributed by atoms with Gasteiger partial charge in [0, 0.05) is 23.9 Å². The minimum absolute atomic E-state index is 0.320. The van der Waals surface area contributed by atoms with Crippen molar-refractivity contribution in [3.8, 4) is 11.5 Å². The van der Waals surface area contributed by atoms with Crippen molar-refractivity contribution in [2.24, 2.45) is 0 Å². The third-order valence-corrected chi connectivity index (χ3v) is 2.40. The lowest BCUT2D eigenvalue weighted by molar-refractivity contribution is 0.394. The molecule has 1 aromatic carbocycles. The molecule has 0 saturated carbocycles. The number of hydrogen-bond donors (Lipinski definition) is 2. The highest BCUT2D eigenvalue weighted by atomic mass is 16.5. The van der Waals surface area contributed by atoms with Crippen molar-refractivity contribution in [1.29, 1.82) is 0 Å². The van der Waals surface area contributed by atoms with Crippen molar-refractivity contribution < 1.29 is 13.9 Å². The van der Waals surface area contributed by atoms with Gasteiger partial charge < -0.3 is 24.5 Å². The summed E-state index contributed by atoms with van der Waals surface area (Å²) in [4.78, 5) is 0. The van der Waals surface area contributed by atoms with E-state index < -0.39 is 0 Å². The average Bonchev–Trinajstić information content (AvgIpc) is 2.86. The zero-order chi connectivity index (χ0) is 13.7. The van der Waals surface area contributed by atoms with Crippen molar-refractivity contribution in [2.75, 3.05) is 26.6 Å². The van der Waals surface area contributed by atoms with Crippen LogP contribution in [0.5, 0.6) is 11.5 Å². The second kappa shape index (κ2) is 6.05. The molecular formula is C12H16N4O3. The van der Waals surface area contributed by atoms with Crippen LogP contribution in [0.15, 0.2) is 22.6 Å². The van der Waals surface area contributed by atoms with E-state index in [0.717, 1.165) is 5.69 Å². The van der Waals surface area contributed by atoms with E-state index in [9.17, 15) is 0 Å². The summed E-state index contributed by atoms with van der Waals surface area (Å²) in [5.41, 5.74) is 0.746. The molecule has 0 atom stereocenters. The number of nitrogens with zero attached hydrogens (tertiary/aromatic N) is 2. The summed E-state index contributed by atoms with van der Waals surface area (Å²) >= 11 is 0. The summed E-state index contributed by atoms with van der Waals surface area (Å²) in [5.74, 6) is 1.87. The Labute approximate surface area is 110 Å². The third kappa shape index (κ3) is 3.35. The number of aromatic nitrogens is 2. The first-order chi connectivity index (χ1) is 9.25. The number of anilines is 2. The molecule has 0 fully saturated rings. The zero-order valence-corrected chi connectivity index (χ0v) is 11.1. The monoisotopic (exact) mass is 264 g/mol. The molecule has 1 heterocycles. The summed E-state index contributed by atoms with van der Waals surface area (Å²) in [6.07, 6.45) is 0. The van der Waals surface area contributed by atoms with Crippen LogP contribution in [0.1, 0.15) is 5.89 Å². The third-order valence-electron chi connectivity index (χ3n) is 2.40. The number of benzene rings is 1. The lowest BCUT2D eigenvalue weighted by atomic mass is 10.3. The number of methoxy groups -OCH3 is 2. The first-order valence-corrected chi connectivity index (χ1v) is 5.72. The maximum atomic E-state index is 5.40. The van der Waals surface area contributed by atoms with Crippen molar-refractivity contribution in [2.45, 2.75) is 6.54 Å². The number of ether oxygens (including phenoxy) is 2. The fraction of sp³-hybridized carbons (Fsp3) is 0.333. The van der Waals surface area contributed by atoms with Gasteiger partial charge in [0.25, 0.3) is 0 Å². The van der Waals surface area contributed by atoms with Crippen LogP contribution in [0.4, 0.5) is 11.7 Å². The lowest BCUT2D eigenvalue weighted by Crippen LogP contribution is -2.04. The summed E-state index contributed by atoms with van der Waals surface area (Å²) in [7, 11) is 5.00. The Hall–Kier alpha value is -2.28. The highest BCUT2D eigenvalue weighted by Crippen LogP contribution is 2.27. The largest absolute Gasteiger partial charge is 0.497 e. The molecular weight excluding hydrogens is 248 g/mol. The molecule has 0 aliphatic heterocycles. The molecule has 0 amide bonds. The number of rotatable bonds is 6. The standard InChI is InChI=1S/C12H16N4O3/c1-13-7-11-15-16-12(19-11)14-8-4-9(17-2)6-10(5-8)18-3/h4-6,13H,7H2,1-3H3,(H,14,16). The highest BCUT2D eigenvalue weighted by molar-refractivity contribution is 5.58. The summed E-state index contributed by atoms with van der Waals surface area (Å²) in [6, 6.07) is 5.72. The number of hydrogen-bond acceptors (Lipinski definition) is 7. The van der Waals surface area contributed by atoms with Gasteiger partial charge in [-0.2, -0.15) is 0 Å². The molecule has 2 aromatic rings. The van der Waals surface area contributed by atoms with E-state index in [0.29, 0.717) is 29.9 Å². The molecule has 19 heavy (non-hydrogen) atoms. The molecule has 0 bridgehead atoms. The van der Waals surface area contributed by atoms with Crippen molar-refractivity contribution in [1.82, 2.24) is 15.5 Å².